The molecule has 0 atom stereocenters. The Kier molecular flexibility index (Phi) is 6.01. The molecule has 0 spiro atoms. The number of hydrogen-bond acceptors (Lipinski definition) is 4. The maximum Gasteiger partial charge on any atom is 0.352 e. The van der Waals surface area contributed by atoms with Gasteiger partial charge in [0.2, 0.25) is 5.69 Å². The molecule has 2 aromatic carbocycles. The standard InChI is InChI=1S/C21H21FN4O3/c1-14(2)12-23-19(27)18-20(28)25(13-15-8-6-7-11-17(15)22)21(29)26(24-18)16-9-4-3-5-10-16/h3-11,14H,12-13H2,1-2H3,(H,23,27). The second-order valence-electron chi connectivity index (χ2n) is 6.97. The first kappa shape index (κ1) is 20.2. The Labute approximate surface area is 166 Å². The lowest BCUT2D eigenvalue weighted by Crippen LogP contribution is -2.46. The smallest absolute Gasteiger partial charge is 0.350 e. The molecule has 3 rings (SSSR count). The summed E-state index contributed by atoms with van der Waals surface area (Å²) in [6.07, 6.45) is 0. The molecule has 7 nitrogen and oxygen atoms in total. The molecular weight excluding hydrogens is 375 g/mol. The Hall–Kier alpha value is -3.55. The third kappa shape index (κ3) is 4.48. The highest BCUT2D eigenvalue weighted by Crippen LogP contribution is 2.07. The number of rotatable bonds is 6. The molecular formula is C21H21FN4O3. The largest absolute Gasteiger partial charge is 0.352 e. The fourth-order valence-corrected chi connectivity index (χ4v) is 2.71. The molecule has 150 valence electrons. The monoisotopic (exact) mass is 396 g/mol. The van der Waals surface area contributed by atoms with Crippen LogP contribution in [0.2, 0.25) is 0 Å². The molecule has 3 aromatic rings. The minimum absolute atomic E-state index is 0.158. The molecule has 0 fully saturated rings. The zero-order valence-corrected chi connectivity index (χ0v) is 16.1. The van der Waals surface area contributed by atoms with Crippen molar-refractivity contribution in [3.8, 4) is 5.69 Å². The van der Waals surface area contributed by atoms with Gasteiger partial charge in [-0.2, -0.15) is 9.78 Å². The van der Waals surface area contributed by atoms with Gasteiger partial charge in [-0.25, -0.2) is 9.18 Å². The fourth-order valence-electron chi connectivity index (χ4n) is 2.71. The number of para-hydroxylation sites is 1. The molecule has 0 aliphatic rings. The molecule has 0 aliphatic heterocycles. The van der Waals surface area contributed by atoms with Gasteiger partial charge in [0.05, 0.1) is 12.2 Å². The SMILES string of the molecule is CC(C)CNC(=O)c1nn(-c2ccccc2)c(=O)n(Cc2ccccc2F)c1=O. The first-order valence-corrected chi connectivity index (χ1v) is 9.19. The van der Waals surface area contributed by atoms with Crippen LogP contribution < -0.4 is 16.6 Å². The van der Waals surface area contributed by atoms with Crippen molar-refractivity contribution in [1.29, 1.82) is 0 Å². The van der Waals surface area contributed by atoms with E-state index in [4.69, 9.17) is 0 Å². The van der Waals surface area contributed by atoms with E-state index in [9.17, 15) is 18.8 Å². The summed E-state index contributed by atoms with van der Waals surface area (Å²) in [5.41, 5.74) is -1.51. The normalized spacial score (nSPS) is 10.9. The summed E-state index contributed by atoms with van der Waals surface area (Å²) in [4.78, 5) is 38.4. The maximum atomic E-state index is 14.1. The summed E-state index contributed by atoms with van der Waals surface area (Å²) in [7, 11) is 0. The topological polar surface area (TPSA) is 86.0 Å². The number of aromatic nitrogens is 3. The second-order valence-corrected chi connectivity index (χ2v) is 6.97. The molecule has 0 radical (unpaired) electrons. The van der Waals surface area contributed by atoms with E-state index >= 15 is 0 Å². The third-order valence-electron chi connectivity index (χ3n) is 4.23. The molecule has 0 saturated heterocycles. The van der Waals surface area contributed by atoms with Crippen LogP contribution in [0.1, 0.15) is 29.9 Å². The summed E-state index contributed by atoms with van der Waals surface area (Å²) < 4.78 is 15.9. The van der Waals surface area contributed by atoms with Gasteiger partial charge in [-0.05, 0) is 24.1 Å². The van der Waals surface area contributed by atoms with E-state index in [2.05, 4.69) is 10.4 Å². The van der Waals surface area contributed by atoms with E-state index in [1.54, 1.807) is 36.4 Å². The Morgan fingerprint density at radius 3 is 2.38 bits per heavy atom. The Morgan fingerprint density at radius 1 is 1.07 bits per heavy atom. The second kappa shape index (κ2) is 8.64. The number of nitrogens with zero attached hydrogens (tertiary/aromatic N) is 3. The number of amides is 1. The number of hydrogen-bond donors (Lipinski definition) is 1. The summed E-state index contributed by atoms with van der Waals surface area (Å²) in [5.74, 6) is -1.07. The minimum atomic E-state index is -0.869. The molecule has 29 heavy (non-hydrogen) atoms. The van der Waals surface area contributed by atoms with Crippen LogP contribution in [-0.2, 0) is 6.54 Å². The van der Waals surface area contributed by atoms with Gasteiger partial charge >= 0.3 is 5.69 Å². The van der Waals surface area contributed by atoms with Gasteiger partial charge in [-0.15, -0.1) is 0 Å². The number of carbonyl (C=O) groups is 1. The predicted octanol–water partition coefficient (Wildman–Crippen LogP) is 1.97. The van der Waals surface area contributed by atoms with Crippen LogP contribution in [0.15, 0.2) is 64.2 Å². The van der Waals surface area contributed by atoms with Crippen LogP contribution in [0.25, 0.3) is 5.69 Å². The lowest BCUT2D eigenvalue weighted by molar-refractivity contribution is 0.0939. The van der Waals surface area contributed by atoms with Gasteiger partial charge in [0.15, 0.2) is 0 Å². The van der Waals surface area contributed by atoms with Crippen LogP contribution >= 0.6 is 0 Å². The Balaban J connectivity index is 2.17. The van der Waals surface area contributed by atoms with Gasteiger partial charge in [-0.3, -0.25) is 14.2 Å². The van der Waals surface area contributed by atoms with Crippen molar-refractivity contribution in [3.05, 3.63) is 92.5 Å². The lowest BCUT2D eigenvalue weighted by atomic mass is 10.2. The minimum Gasteiger partial charge on any atom is -0.350 e. The first-order valence-electron chi connectivity index (χ1n) is 9.19. The summed E-state index contributed by atoms with van der Waals surface area (Å²) in [6, 6.07) is 14.3. The van der Waals surface area contributed by atoms with Crippen LogP contribution in [0.5, 0.6) is 0 Å². The average molecular weight is 396 g/mol. The zero-order chi connectivity index (χ0) is 21.0. The molecule has 1 amide bonds. The van der Waals surface area contributed by atoms with Gasteiger partial charge in [-0.1, -0.05) is 50.2 Å². The van der Waals surface area contributed by atoms with Gasteiger partial charge < -0.3 is 5.32 Å². The highest BCUT2D eigenvalue weighted by atomic mass is 19.1. The van der Waals surface area contributed by atoms with Crippen molar-refractivity contribution < 1.29 is 9.18 Å². The lowest BCUT2D eigenvalue weighted by Gasteiger charge is -2.13. The first-order chi connectivity index (χ1) is 13.9. The average Bonchev–Trinajstić information content (AvgIpc) is 2.71. The molecule has 0 bridgehead atoms. The summed E-state index contributed by atoms with van der Waals surface area (Å²) >= 11 is 0. The summed E-state index contributed by atoms with van der Waals surface area (Å²) in [6.45, 7) is 3.85. The molecule has 0 saturated carbocycles. The Morgan fingerprint density at radius 2 is 1.72 bits per heavy atom. The van der Waals surface area contributed by atoms with Crippen LogP contribution in [0.4, 0.5) is 4.39 Å². The predicted molar refractivity (Wildman–Crippen MR) is 107 cm³/mol. The maximum absolute atomic E-state index is 14.1. The van der Waals surface area contributed by atoms with Crippen molar-refractivity contribution in [2.45, 2.75) is 20.4 Å². The van der Waals surface area contributed by atoms with E-state index in [1.165, 1.54) is 18.2 Å². The van der Waals surface area contributed by atoms with E-state index in [-0.39, 0.29) is 18.0 Å². The van der Waals surface area contributed by atoms with Crippen molar-refractivity contribution in [1.82, 2.24) is 19.7 Å². The molecule has 8 heteroatoms. The molecule has 1 N–H and O–H groups in total. The van der Waals surface area contributed by atoms with Gasteiger partial charge in [0.25, 0.3) is 11.5 Å². The van der Waals surface area contributed by atoms with E-state index in [0.29, 0.717) is 12.2 Å². The third-order valence-corrected chi connectivity index (χ3v) is 4.23. The number of halogens is 1. The molecule has 0 unspecified atom stereocenters. The van der Waals surface area contributed by atoms with E-state index in [1.807, 2.05) is 13.8 Å². The molecule has 1 heterocycles. The Bertz CT molecular complexity index is 1140. The fraction of sp³-hybridized carbons (Fsp3) is 0.238. The van der Waals surface area contributed by atoms with Gasteiger partial charge in [0, 0.05) is 12.1 Å². The van der Waals surface area contributed by atoms with Crippen LogP contribution in [0, 0.1) is 11.7 Å². The van der Waals surface area contributed by atoms with Crippen molar-refractivity contribution in [2.75, 3.05) is 6.54 Å². The number of carbonyl (C=O) groups excluding carboxylic acids is 1. The van der Waals surface area contributed by atoms with Crippen molar-refractivity contribution >= 4 is 5.91 Å². The number of nitrogens with one attached hydrogen (secondary N) is 1. The highest BCUT2D eigenvalue weighted by Gasteiger charge is 2.21. The molecule has 0 aliphatic carbocycles. The quantitative estimate of drug-likeness (QED) is 0.690. The van der Waals surface area contributed by atoms with E-state index in [0.717, 1.165) is 9.25 Å². The van der Waals surface area contributed by atoms with Crippen LogP contribution in [0.3, 0.4) is 0 Å². The van der Waals surface area contributed by atoms with E-state index < -0.39 is 28.7 Å². The van der Waals surface area contributed by atoms with Crippen LogP contribution in [-0.4, -0.2) is 26.8 Å². The van der Waals surface area contributed by atoms with Crippen molar-refractivity contribution in [2.24, 2.45) is 5.92 Å². The molecule has 1 aromatic heterocycles. The van der Waals surface area contributed by atoms with Crippen molar-refractivity contribution in [3.63, 3.8) is 0 Å². The highest BCUT2D eigenvalue weighted by molar-refractivity contribution is 5.91. The summed E-state index contributed by atoms with van der Waals surface area (Å²) in [5, 5.41) is 6.65. The van der Waals surface area contributed by atoms with Gasteiger partial charge in [0.1, 0.15) is 5.82 Å². The number of benzene rings is 2. The zero-order valence-electron chi connectivity index (χ0n) is 16.1.